The summed E-state index contributed by atoms with van der Waals surface area (Å²) < 4.78 is 37.1. The molecule has 1 aromatic rings. The monoisotopic (exact) mass is 248 g/mol. The third-order valence-electron chi connectivity index (χ3n) is 1.62. The Morgan fingerprint density at radius 1 is 1.47 bits per heavy atom. The van der Waals surface area contributed by atoms with Gasteiger partial charge in [-0.3, -0.25) is 10.7 Å². The number of amides is 1. The van der Waals surface area contributed by atoms with Crippen LogP contribution >= 0.6 is 0 Å². The third kappa shape index (κ3) is 3.40. The van der Waals surface area contributed by atoms with Gasteiger partial charge in [0.25, 0.3) is 0 Å². The molecule has 0 unspecified atom stereocenters. The fourth-order valence-electron chi connectivity index (χ4n) is 1.01. The summed E-state index contributed by atoms with van der Waals surface area (Å²) in [6.45, 7) is 1.22. The Morgan fingerprint density at radius 2 is 2.06 bits per heavy atom. The van der Waals surface area contributed by atoms with Crippen LogP contribution in [0, 0.1) is 12.3 Å². The number of alkyl halides is 3. The second-order valence-corrected chi connectivity index (χ2v) is 2.99. The summed E-state index contributed by atoms with van der Waals surface area (Å²) in [5, 5.41) is 17.1. The number of nitrogens with one attached hydrogen (secondary N) is 2. The summed E-state index contributed by atoms with van der Waals surface area (Å²) in [5.41, 5.74) is -1.66. The largest absolute Gasteiger partial charge is 0.465 e. The molecular formula is C8H7F3N4O2. The summed E-state index contributed by atoms with van der Waals surface area (Å²) in [4.78, 5) is 16.9. The van der Waals surface area contributed by atoms with Crippen molar-refractivity contribution >= 4 is 11.9 Å². The van der Waals surface area contributed by atoms with Crippen LogP contribution in [0.3, 0.4) is 0 Å². The highest BCUT2D eigenvalue weighted by Crippen LogP contribution is 2.27. The van der Waals surface area contributed by atoms with Gasteiger partial charge in [-0.05, 0) is 13.0 Å². The van der Waals surface area contributed by atoms with Gasteiger partial charge in [-0.1, -0.05) is 0 Å². The average molecular weight is 248 g/mol. The first-order chi connectivity index (χ1) is 7.70. The van der Waals surface area contributed by atoms with E-state index in [4.69, 9.17) is 10.5 Å². The van der Waals surface area contributed by atoms with E-state index in [0.29, 0.717) is 6.07 Å². The topological polar surface area (TPSA) is 99.0 Å². The number of hydrogen-bond donors (Lipinski definition) is 3. The van der Waals surface area contributed by atoms with E-state index in [1.807, 2.05) is 0 Å². The Morgan fingerprint density at radius 3 is 2.53 bits per heavy atom. The number of nitrogens with zero attached hydrogens (tertiary/aromatic N) is 2. The van der Waals surface area contributed by atoms with Crippen LogP contribution in [0.25, 0.3) is 0 Å². The number of aryl methyl sites for hydroxylation is 1. The molecule has 0 bridgehead atoms. The van der Waals surface area contributed by atoms with Gasteiger partial charge in [0.05, 0.1) is 0 Å². The van der Waals surface area contributed by atoms with Crippen LogP contribution in [0.1, 0.15) is 17.2 Å². The summed E-state index contributed by atoms with van der Waals surface area (Å²) in [7, 11) is 0. The van der Waals surface area contributed by atoms with Crippen molar-refractivity contribution in [3.05, 3.63) is 23.3 Å². The highest BCUT2D eigenvalue weighted by molar-refractivity contribution is 6.02. The van der Waals surface area contributed by atoms with Gasteiger partial charge in [0.1, 0.15) is 17.2 Å². The Bertz CT molecular complexity index is 472. The number of rotatable bonds is 1. The molecule has 0 aliphatic rings. The lowest BCUT2D eigenvalue weighted by Crippen LogP contribution is -2.30. The summed E-state index contributed by atoms with van der Waals surface area (Å²) in [5.74, 6) is -0.944. The Labute approximate surface area is 93.0 Å². The highest BCUT2D eigenvalue weighted by atomic mass is 19.4. The van der Waals surface area contributed by atoms with Gasteiger partial charge in [0.15, 0.2) is 5.84 Å². The molecule has 0 spiro atoms. The number of amidine groups is 1. The second-order valence-electron chi connectivity index (χ2n) is 2.99. The van der Waals surface area contributed by atoms with Crippen LogP contribution in [0.2, 0.25) is 0 Å². The fourth-order valence-corrected chi connectivity index (χ4v) is 1.01. The third-order valence-corrected chi connectivity index (χ3v) is 1.62. The molecule has 1 amide bonds. The maximum absolute atomic E-state index is 12.4. The first-order valence-electron chi connectivity index (χ1n) is 4.22. The average Bonchev–Trinajstić information content (AvgIpc) is 2.14. The molecule has 0 atom stereocenters. The van der Waals surface area contributed by atoms with E-state index in [2.05, 4.69) is 9.97 Å². The zero-order valence-corrected chi connectivity index (χ0v) is 8.46. The van der Waals surface area contributed by atoms with Crippen molar-refractivity contribution in [2.24, 2.45) is 0 Å². The first kappa shape index (κ1) is 12.9. The van der Waals surface area contributed by atoms with E-state index in [1.54, 1.807) is 5.32 Å². The standard InChI is InChI=1S/C8H7F3N4O2/c1-3-13-4(6(12)15-7(16)17)2-5(14-3)8(9,10)11/h2H,1H3,(H2,12,15)(H,16,17). The van der Waals surface area contributed by atoms with Crippen LogP contribution in [-0.4, -0.2) is 27.0 Å². The van der Waals surface area contributed by atoms with Gasteiger partial charge in [-0.15, -0.1) is 0 Å². The van der Waals surface area contributed by atoms with Crippen molar-refractivity contribution in [1.82, 2.24) is 15.3 Å². The minimum Gasteiger partial charge on any atom is -0.465 e. The van der Waals surface area contributed by atoms with Gasteiger partial charge in [-0.2, -0.15) is 13.2 Å². The zero-order valence-electron chi connectivity index (χ0n) is 8.46. The van der Waals surface area contributed by atoms with E-state index >= 15 is 0 Å². The van der Waals surface area contributed by atoms with E-state index in [9.17, 15) is 18.0 Å². The summed E-state index contributed by atoms with van der Waals surface area (Å²) in [6, 6.07) is 0.505. The Balaban J connectivity index is 3.14. The molecule has 0 aromatic carbocycles. The zero-order chi connectivity index (χ0) is 13.2. The van der Waals surface area contributed by atoms with Gasteiger partial charge in [0.2, 0.25) is 0 Å². The SMILES string of the molecule is Cc1nc(C(=N)NC(=O)O)cc(C(F)(F)F)n1. The molecule has 9 heteroatoms. The van der Waals surface area contributed by atoms with Crippen molar-refractivity contribution in [1.29, 1.82) is 5.41 Å². The molecule has 0 fully saturated rings. The van der Waals surface area contributed by atoms with Crippen molar-refractivity contribution in [3.63, 3.8) is 0 Å². The molecular weight excluding hydrogens is 241 g/mol. The fraction of sp³-hybridized carbons (Fsp3) is 0.250. The normalized spacial score (nSPS) is 11.1. The predicted molar refractivity (Wildman–Crippen MR) is 49.8 cm³/mol. The van der Waals surface area contributed by atoms with Gasteiger partial charge in [0, 0.05) is 0 Å². The number of hydrogen-bond acceptors (Lipinski definition) is 4. The van der Waals surface area contributed by atoms with Gasteiger partial charge in [-0.25, -0.2) is 14.8 Å². The predicted octanol–water partition coefficient (Wildman–Crippen LogP) is 1.40. The lowest BCUT2D eigenvalue weighted by atomic mass is 10.3. The van der Waals surface area contributed by atoms with Crippen molar-refractivity contribution in [3.8, 4) is 0 Å². The molecule has 0 aliphatic heterocycles. The van der Waals surface area contributed by atoms with Crippen LogP contribution in [0.5, 0.6) is 0 Å². The smallest absolute Gasteiger partial charge is 0.433 e. The summed E-state index contributed by atoms with van der Waals surface area (Å²) >= 11 is 0. The van der Waals surface area contributed by atoms with Crippen LogP contribution in [0.4, 0.5) is 18.0 Å². The first-order valence-corrected chi connectivity index (χ1v) is 4.22. The molecule has 92 valence electrons. The Kier molecular flexibility index (Phi) is 3.30. The molecule has 1 aromatic heterocycles. The van der Waals surface area contributed by atoms with E-state index < -0.39 is 29.5 Å². The quantitative estimate of drug-likeness (QED) is 0.516. The molecule has 0 saturated carbocycles. The summed E-state index contributed by atoms with van der Waals surface area (Å²) in [6.07, 6.45) is -6.23. The number of carboxylic acid groups (broad SMARTS) is 1. The van der Waals surface area contributed by atoms with Gasteiger partial charge < -0.3 is 5.11 Å². The van der Waals surface area contributed by atoms with Crippen molar-refractivity contribution < 1.29 is 23.1 Å². The van der Waals surface area contributed by atoms with Crippen molar-refractivity contribution in [2.75, 3.05) is 0 Å². The molecule has 0 saturated heterocycles. The highest BCUT2D eigenvalue weighted by Gasteiger charge is 2.33. The number of halogens is 3. The lowest BCUT2D eigenvalue weighted by molar-refractivity contribution is -0.141. The molecule has 1 heterocycles. The van der Waals surface area contributed by atoms with E-state index in [0.717, 1.165) is 0 Å². The minimum absolute atomic E-state index is 0.202. The number of aromatic nitrogens is 2. The molecule has 0 aliphatic carbocycles. The molecule has 6 nitrogen and oxygen atoms in total. The molecule has 1 rings (SSSR count). The van der Waals surface area contributed by atoms with Crippen LogP contribution in [-0.2, 0) is 6.18 Å². The molecule has 0 radical (unpaired) electrons. The molecule has 17 heavy (non-hydrogen) atoms. The molecule has 3 N–H and O–H groups in total. The van der Waals surface area contributed by atoms with E-state index in [-0.39, 0.29) is 5.82 Å². The Hall–Kier alpha value is -2.19. The maximum Gasteiger partial charge on any atom is 0.433 e. The van der Waals surface area contributed by atoms with Crippen LogP contribution < -0.4 is 5.32 Å². The van der Waals surface area contributed by atoms with Gasteiger partial charge >= 0.3 is 12.3 Å². The van der Waals surface area contributed by atoms with E-state index in [1.165, 1.54) is 6.92 Å². The minimum atomic E-state index is -4.67. The number of carbonyl (C=O) groups is 1. The maximum atomic E-state index is 12.4. The van der Waals surface area contributed by atoms with Crippen molar-refractivity contribution in [2.45, 2.75) is 13.1 Å². The van der Waals surface area contributed by atoms with Crippen LogP contribution in [0.15, 0.2) is 6.07 Å². The lowest BCUT2D eigenvalue weighted by Gasteiger charge is -2.09. The second kappa shape index (κ2) is 4.36.